The molecule has 0 aromatic carbocycles. The first-order chi connectivity index (χ1) is 9.01. The van der Waals surface area contributed by atoms with Crippen LogP contribution in [0.3, 0.4) is 0 Å². The third kappa shape index (κ3) is 3.77. The Bertz CT molecular complexity index is 512. The lowest BCUT2D eigenvalue weighted by molar-refractivity contribution is 0.334. The first kappa shape index (κ1) is 14.5. The summed E-state index contributed by atoms with van der Waals surface area (Å²) in [5.74, 6) is 0.685. The zero-order valence-electron chi connectivity index (χ0n) is 11.4. The lowest BCUT2D eigenvalue weighted by Gasteiger charge is -2.28. The number of aromatic amines is 1. The fourth-order valence-corrected chi connectivity index (χ4v) is 3.37. The molecule has 1 aromatic rings. The molecule has 0 spiro atoms. The van der Waals surface area contributed by atoms with Gasteiger partial charge in [0, 0.05) is 25.0 Å². The van der Waals surface area contributed by atoms with Crippen molar-refractivity contribution >= 4 is 10.0 Å². The van der Waals surface area contributed by atoms with Gasteiger partial charge in [-0.25, -0.2) is 18.1 Å². The number of hydrogen-bond donors (Lipinski definition) is 3. The average Bonchev–Trinajstić information content (AvgIpc) is 2.86. The number of aromatic nitrogens is 2. The SMILES string of the molecule is CCc1ncc(S(=O)(=O)NCC2CCCC(C)N2)[nH]1. The van der Waals surface area contributed by atoms with E-state index in [9.17, 15) is 8.42 Å². The summed E-state index contributed by atoms with van der Waals surface area (Å²) in [5, 5.41) is 3.55. The second-order valence-corrected chi connectivity index (χ2v) is 6.83. The standard InChI is InChI=1S/C12H22N4O2S/c1-3-11-13-8-12(16-11)19(17,18)14-7-10-6-4-5-9(2)15-10/h8-10,14-15H,3-7H2,1-2H3,(H,13,16). The summed E-state index contributed by atoms with van der Waals surface area (Å²) in [5.41, 5.74) is 0. The van der Waals surface area contributed by atoms with E-state index in [0.29, 0.717) is 24.8 Å². The Hall–Kier alpha value is -0.920. The van der Waals surface area contributed by atoms with E-state index in [4.69, 9.17) is 0 Å². The predicted molar refractivity (Wildman–Crippen MR) is 73.4 cm³/mol. The molecular formula is C12H22N4O2S. The van der Waals surface area contributed by atoms with Gasteiger partial charge >= 0.3 is 0 Å². The van der Waals surface area contributed by atoms with Gasteiger partial charge in [-0.1, -0.05) is 13.3 Å². The van der Waals surface area contributed by atoms with E-state index in [1.807, 2.05) is 6.92 Å². The van der Waals surface area contributed by atoms with Crippen LogP contribution in [0.25, 0.3) is 0 Å². The minimum Gasteiger partial charge on any atom is -0.332 e. The number of nitrogens with one attached hydrogen (secondary N) is 3. The van der Waals surface area contributed by atoms with Crippen molar-refractivity contribution in [2.45, 2.75) is 56.6 Å². The third-order valence-electron chi connectivity index (χ3n) is 3.46. The van der Waals surface area contributed by atoms with Gasteiger partial charge in [0.1, 0.15) is 5.82 Å². The Morgan fingerprint density at radius 3 is 2.89 bits per heavy atom. The minimum absolute atomic E-state index is 0.146. The van der Waals surface area contributed by atoms with Gasteiger partial charge < -0.3 is 10.3 Å². The van der Waals surface area contributed by atoms with Crippen LogP contribution in [-0.4, -0.2) is 37.0 Å². The Kier molecular flexibility index (Phi) is 4.59. The molecule has 0 saturated carbocycles. The lowest BCUT2D eigenvalue weighted by Crippen LogP contribution is -2.47. The summed E-state index contributed by atoms with van der Waals surface area (Å²) in [6.07, 6.45) is 5.37. The van der Waals surface area contributed by atoms with Crippen LogP contribution in [0.15, 0.2) is 11.2 Å². The molecule has 3 N–H and O–H groups in total. The Balaban J connectivity index is 1.93. The normalized spacial score (nSPS) is 24.5. The van der Waals surface area contributed by atoms with Gasteiger partial charge in [-0.15, -0.1) is 0 Å². The number of piperidine rings is 1. The van der Waals surface area contributed by atoms with Gasteiger partial charge in [0.05, 0.1) is 6.20 Å². The van der Waals surface area contributed by atoms with Crippen molar-refractivity contribution in [1.29, 1.82) is 0 Å². The molecule has 6 nitrogen and oxygen atoms in total. The van der Waals surface area contributed by atoms with Crippen LogP contribution in [0.1, 0.15) is 38.9 Å². The molecule has 0 aliphatic carbocycles. The number of nitrogens with zero attached hydrogens (tertiary/aromatic N) is 1. The second kappa shape index (κ2) is 6.02. The Morgan fingerprint density at radius 1 is 1.47 bits per heavy atom. The molecule has 2 rings (SSSR count). The first-order valence-corrected chi connectivity index (χ1v) is 8.29. The molecule has 1 saturated heterocycles. The molecule has 1 aliphatic heterocycles. The molecule has 1 fully saturated rings. The van der Waals surface area contributed by atoms with E-state index in [1.165, 1.54) is 6.20 Å². The highest BCUT2D eigenvalue weighted by Crippen LogP contribution is 2.12. The Labute approximate surface area is 114 Å². The Morgan fingerprint density at radius 2 is 2.26 bits per heavy atom. The molecule has 2 atom stereocenters. The molecule has 0 bridgehead atoms. The summed E-state index contributed by atoms with van der Waals surface area (Å²) in [4.78, 5) is 6.84. The first-order valence-electron chi connectivity index (χ1n) is 6.81. The van der Waals surface area contributed by atoms with Crippen LogP contribution in [0.5, 0.6) is 0 Å². The van der Waals surface area contributed by atoms with E-state index in [-0.39, 0.29) is 11.1 Å². The lowest BCUT2D eigenvalue weighted by atomic mass is 10.00. The predicted octanol–water partition coefficient (Wildman–Crippen LogP) is 0.781. The van der Waals surface area contributed by atoms with Crippen LogP contribution in [-0.2, 0) is 16.4 Å². The number of aryl methyl sites for hydroxylation is 1. The monoisotopic (exact) mass is 286 g/mol. The van der Waals surface area contributed by atoms with Gasteiger partial charge in [-0.2, -0.15) is 0 Å². The topological polar surface area (TPSA) is 86.9 Å². The molecule has 0 amide bonds. The van der Waals surface area contributed by atoms with E-state index in [2.05, 4.69) is 26.9 Å². The number of sulfonamides is 1. The van der Waals surface area contributed by atoms with Crippen molar-refractivity contribution in [1.82, 2.24) is 20.0 Å². The maximum Gasteiger partial charge on any atom is 0.257 e. The molecule has 1 aliphatic rings. The third-order valence-corrected chi connectivity index (χ3v) is 4.79. The van der Waals surface area contributed by atoms with Crippen molar-refractivity contribution in [3.05, 3.63) is 12.0 Å². The smallest absolute Gasteiger partial charge is 0.257 e. The van der Waals surface area contributed by atoms with Crippen LogP contribution in [0.2, 0.25) is 0 Å². The molecular weight excluding hydrogens is 264 g/mol. The van der Waals surface area contributed by atoms with E-state index in [0.717, 1.165) is 19.3 Å². The summed E-state index contributed by atoms with van der Waals surface area (Å²) in [6, 6.07) is 0.675. The summed E-state index contributed by atoms with van der Waals surface area (Å²) < 4.78 is 26.8. The molecule has 7 heteroatoms. The number of hydrogen-bond acceptors (Lipinski definition) is 4. The van der Waals surface area contributed by atoms with Crippen molar-refractivity contribution in [3.8, 4) is 0 Å². The van der Waals surface area contributed by atoms with Gasteiger partial charge in [-0.05, 0) is 19.8 Å². The highest BCUT2D eigenvalue weighted by molar-refractivity contribution is 7.89. The summed E-state index contributed by atoms with van der Waals surface area (Å²) >= 11 is 0. The van der Waals surface area contributed by atoms with Crippen LogP contribution in [0, 0.1) is 0 Å². The van der Waals surface area contributed by atoms with E-state index < -0.39 is 10.0 Å². The average molecular weight is 286 g/mol. The zero-order chi connectivity index (χ0) is 13.9. The second-order valence-electron chi connectivity index (χ2n) is 5.10. The largest absolute Gasteiger partial charge is 0.332 e. The van der Waals surface area contributed by atoms with Crippen molar-refractivity contribution < 1.29 is 8.42 Å². The molecule has 1 aromatic heterocycles. The fraction of sp³-hybridized carbons (Fsp3) is 0.750. The highest BCUT2D eigenvalue weighted by Gasteiger charge is 2.22. The van der Waals surface area contributed by atoms with Crippen molar-refractivity contribution in [2.75, 3.05) is 6.54 Å². The van der Waals surface area contributed by atoms with E-state index in [1.54, 1.807) is 0 Å². The fourth-order valence-electron chi connectivity index (χ4n) is 2.35. The zero-order valence-corrected chi connectivity index (χ0v) is 12.3. The summed E-state index contributed by atoms with van der Waals surface area (Å²) in [7, 11) is -3.47. The highest BCUT2D eigenvalue weighted by atomic mass is 32.2. The molecule has 2 heterocycles. The molecule has 19 heavy (non-hydrogen) atoms. The van der Waals surface area contributed by atoms with Crippen LogP contribution < -0.4 is 10.0 Å². The molecule has 108 valence electrons. The number of rotatable bonds is 5. The quantitative estimate of drug-likeness (QED) is 0.746. The molecule has 0 radical (unpaired) electrons. The molecule has 2 unspecified atom stereocenters. The maximum absolute atomic E-state index is 12.1. The minimum atomic E-state index is -3.47. The maximum atomic E-state index is 12.1. The van der Waals surface area contributed by atoms with Gasteiger partial charge in [0.15, 0.2) is 5.03 Å². The van der Waals surface area contributed by atoms with Crippen LogP contribution >= 0.6 is 0 Å². The van der Waals surface area contributed by atoms with Crippen molar-refractivity contribution in [2.24, 2.45) is 0 Å². The van der Waals surface area contributed by atoms with Gasteiger partial charge in [0.2, 0.25) is 0 Å². The summed E-state index contributed by atoms with van der Waals surface area (Å²) in [6.45, 7) is 4.48. The van der Waals surface area contributed by atoms with Crippen LogP contribution in [0.4, 0.5) is 0 Å². The van der Waals surface area contributed by atoms with Gasteiger partial charge in [0.25, 0.3) is 10.0 Å². The number of H-pyrrole nitrogens is 1. The number of imidazole rings is 1. The van der Waals surface area contributed by atoms with Crippen molar-refractivity contribution in [3.63, 3.8) is 0 Å². The van der Waals surface area contributed by atoms with Gasteiger partial charge in [-0.3, -0.25) is 0 Å². The van der Waals surface area contributed by atoms with E-state index >= 15 is 0 Å².